The van der Waals surface area contributed by atoms with E-state index in [1.807, 2.05) is 36.4 Å². The van der Waals surface area contributed by atoms with Crippen LogP contribution in [0.5, 0.6) is 0 Å². The zero-order valence-electron chi connectivity index (χ0n) is 21.1. The number of fused-ring (bicyclic) bond motifs is 1. The number of hydrogen-bond donors (Lipinski definition) is 3. The molecule has 0 bridgehead atoms. The topological polar surface area (TPSA) is 141 Å². The lowest BCUT2D eigenvalue weighted by Crippen LogP contribution is -2.42. The molecule has 0 saturated heterocycles. The Morgan fingerprint density at radius 1 is 1.18 bits per heavy atom. The van der Waals surface area contributed by atoms with Gasteiger partial charge < -0.3 is 20.2 Å². The van der Waals surface area contributed by atoms with Crippen molar-refractivity contribution >= 4 is 22.8 Å². The van der Waals surface area contributed by atoms with Crippen LogP contribution in [0.15, 0.2) is 77.8 Å². The number of aliphatic hydroxyl groups is 1. The standard InChI is InChI=1S/C28H24FN7O3/c1-28(2,38)25(29)16-33-26(37)21-15-32-23(24-8-7-20-11-17(13-30)14-34-36(20)24)12-22(21)35-19-5-3-18(4-6-19)27-31-9-10-39-27/h3-12,14-15,25,38H,16H2,1-2H3,(H,32,35)(H,33,37). The molecule has 1 aromatic carbocycles. The molecule has 0 fully saturated rings. The van der Waals surface area contributed by atoms with Crippen molar-refractivity contribution in [2.24, 2.45) is 0 Å². The Labute approximate surface area is 222 Å². The third-order valence-corrected chi connectivity index (χ3v) is 6.09. The summed E-state index contributed by atoms with van der Waals surface area (Å²) in [6, 6.07) is 16.4. The van der Waals surface area contributed by atoms with Gasteiger partial charge in [-0.3, -0.25) is 9.78 Å². The number of amides is 1. The second kappa shape index (κ2) is 10.4. The van der Waals surface area contributed by atoms with E-state index >= 15 is 0 Å². The van der Waals surface area contributed by atoms with E-state index in [1.54, 1.807) is 22.8 Å². The van der Waals surface area contributed by atoms with Crippen LogP contribution in [0.1, 0.15) is 29.8 Å². The molecule has 39 heavy (non-hydrogen) atoms. The predicted molar refractivity (Wildman–Crippen MR) is 142 cm³/mol. The molecule has 1 amide bonds. The molecule has 3 N–H and O–H groups in total. The number of benzene rings is 1. The van der Waals surface area contributed by atoms with E-state index in [0.717, 1.165) is 5.56 Å². The minimum Gasteiger partial charge on any atom is -0.445 e. The van der Waals surface area contributed by atoms with Crippen LogP contribution >= 0.6 is 0 Å². The van der Waals surface area contributed by atoms with Crippen molar-refractivity contribution in [2.75, 3.05) is 11.9 Å². The number of nitrogens with zero attached hydrogens (tertiary/aromatic N) is 5. The highest BCUT2D eigenvalue weighted by Gasteiger charge is 2.27. The van der Waals surface area contributed by atoms with E-state index in [2.05, 4.69) is 31.8 Å². The van der Waals surface area contributed by atoms with Gasteiger partial charge in [-0.05, 0) is 62.4 Å². The molecule has 5 aromatic rings. The fraction of sp³-hybridized carbons (Fsp3) is 0.179. The summed E-state index contributed by atoms with van der Waals surface area (Å²) in [5, 5.41) is 29.2. The molecule has 0 radical (unpaired) electrons. The van der Waals surface area contributed by atoms with Gasteiger partial charge >= 0.3 is 0 Å². The molecule has 4 aromatic heterocycles. The first-order valence-corrected chi connectivity index (χ1v) is 12.0. The summed E-state index contributed by atoms with van der Waals surface area (Å²) < 4.78 is 21.3. The van der Waals surface area contributed by atoms with E-state index in [4.69, 9.17) is 9.68 Å². The molecule has 10 nitrogen and oxygen atoms in total. The second-order valence-electron chi connectivity index (χ2n) is 9.40. The molecule has 11 heteroatoms. The average Bonchev–Trinajstić information content (AvgIpc) is 3.61. The van der Waals surface area contributed by atoms with Crippen molar-refractivity contribution < 1.29 is 18.7 Å². The predicted octanol–water partition coefficient (Wildman–Crippen LogP) is 4.51. The smallest absolute Gasteiger partial charge is 0.255 e. The molecule has 5 rings (SSSR count). The lowest BCUT2D eigenvalue weighted by molar-refractivity contribution is -0.00177. The van der Waals surface area contributed by atoms with Gasteiger partial charge in [0.05, 0.1) is 58.3 Å². The molecule has 1 atom stereocenters. The molecule has 0 saturated carbocycles. The zero-order valence-corrected chi connectivity index (χ0v) is 21.1. The van der Waals surface area contributed by atoms with Gasteiger partial charge in [-0.2, -0.15) is 10.4 Å². The summed E-state index contributed by atoms with van der Waals surface area (Å²) in [5.74, 6) is -0.0794. The number of alkyl halides is 1. The summed E-state index contributed by atoms with van der Waals surface area (Å²) >= 11 is 0. The van der Waals surface area contributed by atoms with Crippen LogP contribution in [-0.4, -0.2) is 48.9 Å². The van der Waals surface area contributed by atoms with Gasteiger partial charge in [-0.25, -0.2) is 13.9 Å². The van der Waals surface area contributed by atoms with Crippen LogP contribution in [0.2, 0.25) is 0 Å². The van der Waals surface area contributed by atoms with Crippen LogP contribution in [0.4, 0.5) is 15.8 Å². The lowest BCUT2D eigenvalue weighted by atomic mass is 10.0. The normalized spacial score (nSPS) is 12.2. The van der Waals surface area contributed by atoms with Gasteiger partial charge in [0.2, 0.25) is 5.89 Å². The Morgan fingerprint density at radius 3 is 2.67 bits per heavy atom. The number of anilines is 2. The maximum atomic E-state index is 14.3. The van der Waals surface area contributed by atoms with Crippen LogP contribution in [0.3, 0.4) is 0 Å². The number of hydrogen-bond acceptors (Lipinski definition) is 8. The van der Waals surface area contributed by atoms with Gasteiger partial charge in [0.15, 0.2) is 0 Å². The Morgan fingerprint density at radius 2 is 1.97 bits per heavy atom. The molecule has 4 heterocycles. The molecule has 0 aliphatic carbocycles. The summed E-state index contributed by atoms with van der Waals surface area (Å²) in [6.45, 7) is 2.30. The largest absolute Gasteiger partial charge is 0.445 e. The van der Waals surface area contributed by atoms with Gasteiger partial charge in [0, 0.05) is 17.4 Å². The first-order valence-electron chi connectivity index (χ1n) is 12.0. The van der Waals surface area contributed by atoms with E-state index < -0.39 is 17.7 Å². The fourth-order valence-electron chi connectivity index (χ4n) is 3.88. The van der Waals surface area contributed by atoms with Crippen molar-refractivity contribution in [1.29, 1.82) is 5.26 Å². The molecule has 1 unspecified atom stereocenters. The van der Waals surface area contributed by atoms with Crippen molar-refractivity contribution in [3.05, 3.63) is 84.5 Å². The number of oxazole rings is 1. The monoisotopic (exact) mass is 525 g/mol. The van der Waals surface area contributed by atoms with E-state index in [-0.39, 0.29) is 12.1 Å². The molecule has 0 aliphatic rings. The van der Waals surface area contributed by atoms with Crippen LogP contribution in [0, 0.1) is 11.3 Å². The average molecular weight is 526 g/mol. The summed E-state index contributed by atoms with van der Waals surface area (Å²) in [6.07, 6.45) is 4.25. The number of rotatable bonds is 8. The van der Waals surface area contributed by atoms with Crippen LogP contribution in [-0.2, 0) is 0 Å². The van der Waals surface area contributed by atoms with Crippen molar-refractivity contribution in [3.8, 4) is 28.9 Å². The highest BCUT2D eigenvalue weighted by atomic mass is 19.1. The number of nitriles is 1. The Kier molecular flexibility index (Phi) is 6.79. The number of halogens is 1. The number of carbonyl (C=O) groups excluding carboxylic acids is 1. The van der Waals surface area contributed by atoms with Gasteiger partial charge in [-0.15, -0.1) is 0 Å². The Bertz CT molecular complexity index is 1670. The lowest BCUT2D eigenvalue weighted by Gasteiger charge is -2.22. The minimum atomic E-state index is -1.66. The Hall–Kier alpha value is -5.08. The van der Waals surface area contributed by atoms with Gasteiger partial charge in [-0.1, -0.05) is 0 Å². The highest BCUT2D eigenvalue weighted by Crippen LogP contribution is 2.29. The van der Waals surface area contributed by atoms with Gasteiger partial charge in [0.1, 0.15) is 18.5 Å². The Balaban J connectivity index is 1.49. The molecular weight excluding hydrogens is 501 g/mol. The molecule has 196 valence electrons. The first kappa shape index (κ1) is 25.6. The van der Waals surface area contributed by atoms with E-state index in [1.165, 1.54) is 32.5 Å². The maximum Gasteiger partial charge on any atom is 0.255 e. The van der Waals surface area contributed by atoms with Crippen LogP contribution < -0.4 is 10.6 Å². The summed E-state index contributed by atoms with van der Waals surface area (Å²) in [7, 11) is 0. The maximum absolute atomic E-state index is 14.3. The van der Waals surface area contributed by atoms with Crippen molar-refractivity contribution in [3.63, 3.8) is 0 Å². The number of aromatic nitrogens is 4. The fourth-order valence-corrected chi connectivity index (χ4v) is 3.88. The zero-order chi connectivity index (χ0) is 27.6. The summed E-state index contributed by atoms with van der Waals surface area (Å²) in [5.41, 5.74) is 2.76. The van der Waals surface area contributed by atoms with E-state index in [0.29, 0.717) is 39.7 Å². The highest BCUT2D eigenvalue weighted by molar-refractivity contribution is 6.00. The third-order valence-electron chi connectivity index (χ3n) is 6.09. The third kappa shape index (κ3) is 5.46. The molecule has 0 aliphatic heterocycles. The molecular formula is C28H24FN7O3. The first-order chi connectivity index (χ1) is 18.7. The van der Waals surface area contributed by atoms with Crippen LogP contribution in [0.25, 0.3) is 28.4 Å². The van der Waals surface area contributed by atoms with E-state index in [9.17, 15) is 14.3 Å². The van der Waals surface area contributed by atoms with Gasteiger partial charge in [0.25, 0.3) is 5.91 Å². The second-order valence-corrected chi connectivity index (χ2v) is 9.40. The molecule has 0 spiro atoms. The SMILES string of the molecule is CC(C)(O)C(F)CNC(=O)c1cnc(-c2ccc3cc(C#N)cnn23)cc1Nc1ccc(-c2ncco2)cc1. The minimum absolute atomic E-state index is 0.180. The quantitative estimate of drug-likeness (QED) is 0.269. The number of nitrogens with one attached hydrogen (secondary N) is 2. The number of carbonyl (C=O) groups is 1. The summed E-state index contributed by atoms with van der Waals surface area (Å²) in [4.78, 5) is 21.7. The number of pyridine rings is 1. The van der Waals surface area contributed by atoms with Crippen molar-refractivity contribution in [2.45, 2.75) is 25.6 Å². The van der Waals surface area contributed by atoms with Crippen molar-refractivity contribution in [1.82, 2.24) is 24.9 Å².